The molecule has 1 rings (SSSR count). The van der Waals surface area contributed by atoms with Crippen LogP contribution in [-0.2, 0) is 18.4 Å². The van der Waals surface area contributed by atoms with Crippen molar-refractivity contribution in [2.45, 2.75) is 99.7 Å². The lowest BCUT2D eigenvalue weighted by Gasteiger charge is -2.35. The van der Waals surface area contributed by atoms with E-state index in [0.29, 0.717) is 0 Å². The van der Waals surface area contributed by atoms with Crippen molar-refractivity contribution in [3.05, 3.63) is 0 Å². The Balaban J connectivity index is 3.17. The predicted octanol–water partition coefficient (Wildman–Crippen LogP) is 6.68. The topological polar surface area (TPSA) is 52.6 Å². The third kappa shape index (κ3) is 6.46. The van der Waals surface area contributed by atoms with E-state index in [0.717, 1.165) is 32.1 Å². The molecule has 0 aromatic heterocycles. The molecular formula is C21H41O4P. The van der Waals surface area contributed by atoms with E-state index in [1.807, 2.05) is 55.4 Å². The predicted molar refractivity (Wildman–Crippen MR) is 108 cm³/mol. The summed E-state index contributed by atoms with van der Waals surface area (Å²) in [5.41, 5.74) is -0.283. The molecule has 0 bridgehead atoms. The van der Waals surface area contributed by atoms with Crippen LogP contribution in [0, 0.1) is 29.6 Å². The zero-order valence-electron chi connectivity index (χ0n) is 18.2. The summed E-state index contributed by atoms with van der Waals surface area (Å²) in [7, 11) is -3.85. The number of hydrogen-bond donors (Lipinski definition) is 0. The molecule has 0 radical (unpaired) electrons. The molecule has 1 aliphatic carbocycles. The van der Waals surface area contributed by atoms with Crippen molar-refractivity contribution < 1.29 is 18.4 Å². The molecule has 1 saturated carbocycles. The quantitative estimate of drug-likeness (QED) is 0.392. The highest BCUT2D eigenvalue weighted by Gasteiger charge is 2.45. The van der Waals surface area contributed by atoms with Gasteiger partial charge in [0.25, 0.3) is 0 Å². The van der Waals surface area contributed by atoms with Crippen LogP contribution in [0.15, 0.2) is 0 Å². The molecule has 5 heteroatoms. The molecule has 1 fully saturated rings. The van der Waals surface area contributed by atoms with E-state index in [2.05, 4.69) is 0 Å². The Labute approximate surface area is 161 Å². The van der Waals surface area contributed by atoms with Crippen molar-refractivity contribution in [3.63, 3.8) is 0 Å². The van der Waals surface area contributed by atoms with Crippen molar-refractivity contribution in [1.29, 1.82) is 0 Å². The molecule has 0 amide bonds. The fraction of sp³-hybridized carbons (Fsp3) is 0.952. The Hall–Kier alpha value is -0.180. The van der Waals surface area contributed by atoms with Gasteiger partial charge in [-0.1, -0.05) is 74.7 Å². The van der Waals surface area contributed by atoms with E-state index in [1.54, 1.807) is 0 Å². The number of carbonyl (C=O) groups excluding carboxylic acids is 1. The van der Waals surface area contributed by atoms with E-state index in [4.69, 9.17) is 9.05 Å². The van der Waals surface area contributed by atoms with Crippen molar-refractivity contribution in [1.82, 2.24) is 0 Å². The molecule has 0 spiro atoms. The van der Waals surface area contributed by atoms with Gasteiger partial charge in [-0.25, -0.2) is 0 Å². The van der Waals surface area contributed by atoms with Crippen LogP contribution >= 0.6 is 7.60 Å². The van der Waals surface area contributed by atoms with Crippen molar-refractivity contribution >= 4 is 13.1 Å². The van der Waals surface area contributed by atoms with E-state index in [1.165, 1.54) is 0 Å². The SMILES string of the molecule is CC(C)C(OP(=O)(OC(C(C)C)C(C)C)C(=O)C1CCCCC1)C(C)C. The fourth-order valence-electron chi connectivity index (χ4n) is 4.05. The van der Waals surface area contributed by atoms with Crippen LogP contribution in [0.5, 0.6) is 0 Å². The summed E-state index contributed by atoms with van der Waals surface area (Å²) in [4.78, 5) is 13.3. The van der Waals surface area contributed by atoms with Gasteiger partial charge in [-0.15, -0.1) is 0 Å². The van der Waals surface area contributed by atoms with E-state index in [9.17, 15) is 9.36 Å². The Morgan fingerprint density at radius 1 is 0.731 bits per heavy atom. The third-order valence-corrected chi connectivity index (χ3v) is 7.32. The van der Waals surface area contributed by atoms with Crippen LogP contribution in [0.1, 0.15) is 87.5 Å². The number of hydrogen-bond acceptors (Lipinski definition) is 4. The van der Waals surface area contributed by atoms with Gasteiger partial charge in [0.05, 0.1) is 12.2 Å². The van der Waals surface area contributed by atoms with Crippen LogP contribution in [0.25, 0.3) is 0 Å². The average molecular weight is 389 g/mol. The normalized spacial score (nSPS) is 17.5. The summed E-state index contributed by atoms with van der Waals surface area (Å²) in [6.07, 6.45) is 4.28. The molecule has 0 N–H and O–H groups in total. The monoisotopic (exact) mass is 388 g/mol. The zero-order chi connectivity index (χ0) is 20.1. The summed E-state index contributed by atoms with van der Waals surface area (Å²) in [5.74, 6) is 0.491. The molecule has 0 saturated heterocycles. The average Bonchev–Trinajstić information content (AvgIpc) is 2.56. The number of carbonyl (C=O) groups is 1. The molecule has 0 atom stereocenters. The van der Waals surface area contributed by atoms with E-state index < -0.39 is 7.60 Å². The fourth-order valence-corrected chi connectivity index (χ4v) is 6.63. The molecule has 26 heavy (non-hydrogen) atoms. The minimum absolute atomic E-state index is 0.169. The van der Waals surface area contributed by atoms with Gasteiger partial charge in [0, 0.05) is 5.92 Å². The van der Waals surface area contributed by atoms with E-state index in [-0.39, 0.29) is 47.3 Å². The second-order valence-electron chi connectivity index (χ2n) is 9.29. The summed E-state index contributed by atoms with van der Waals surface area (Å²) >= 11 is 0. The highest BCUT2D eigenvalue weighted by Crippen LogP contribution is 2.57. The summed E-state index contributed by atoms with van der Waals surface area (Å²) in [6, 6.07) is 0. The minimum Gasteiger partial charge on any atom is -0.299 e. The Kier molecular flexibility index (Phi) is 9.53. The first-order chi connectivity index (χ1) is 12.0. The lowest BCUT2D eigenvalue weighted by atomic mass is 9.90. The number of rotatable bonds is 10. The largest absolute Gasteiger partial charge is 0.397 e. The van der Waals surface area contributed by atoms with Gasteiger partial charge >= 0.3 is 7.60 Å². The molecule has 0 aliphatic heterocycles. The molecular weight excluding hydrogens is 347 g/mol. The lowest BCUT2D eigenvalue weighted by molar-refractivity contribution is -0.119. The first-order valence-electron chi connectivity index (χ1n) is 10.5. The highest BCUT2D eigenvalue weighted by molar-refractivity contribution is 7.71. The molecule has 1 aliphatic rings. The molecule has 4 nitrogen and oxygen atoms in total. The van der Waals surface area contributed by atoms with Crippen LogP contribution in [0.4, 0.5) is 0 Å². The third-order valence-electron chi connectivity index (χ3n) is 5.37. The van der Waals surface area contributed by atoms with Gasteiger partial charge in [-0.05, 0) is 36.5 Å². The Morgan fingerprint density at radius 2 is 1.08 bits per heavy atom. The Morgan fingerprint density at radius 3 is 1.38 bits per heavy atom. The zero-order valence-corrected chi connectivity index (χ0v) is 19.1. The lowest BCUT2D eigenvalue weighted by Crippen LogP contribution is -2.32. The molecule has 0 heterocycles. The maximum Gasteiger partial charge on any atom is 0.397 e. The van der Waals surface area contributed by atoms with Gasteiger partial charge in [0.2, 0.25) is 5.52 Å². The van der Waals surface area contributed by atoms with Gasteiger partial charge in [0.1, 0.15) is 0 Å². The first-order valence-corrected chi connectivity index (χ1v) is 12.0. The summed E-state index contributed by atoms with van der Waals surface area (Å²) in [5, 5.41) is 0. The maximum atomic E-state index is 13.9. The van der Waals surface area contributed by atoms with Crippen LogP contribution in [0.3, 0.4) is 0 Å². The van der Waals surface area contributed by atoms with Crippen molar-refractivity contribution in [2.75, 3.05) is 0 Å². The second kappa shape index (κ2) is 10.4. The molecule has 0 aromatic carbocycles. The van der Waals surface area contributed by atoms with Crippen LogP contribution in [0.2, 0.25) is 0 Å². The summed E-state index contributed by atoms with van der Waals surface area (Å²) in [6.45, 7) is 16.4. The highest BCUT2D eigenvalue weighted by atomic mass is 31.2. The van der Waals surface area contributed by atoms with Gasteiger partial charge in [0.15, 0.2) is 0 Å². The van der Waals surface area contributed by atoms with Crippen molar-refractivity contribution in [3.8, 4) is 0 Å². The second-order valence-corrected chi connectivity index (χ2v) is 11.1. The smallest absolute Gasteiger partial charge is 0.299 e. The standard InChI is InChI=1S/C21H41O4P/c1-14(2)19(15(3)4)24-26(23,25-20(16(5)6)17(7)8)21(22)18-12-10-9-11-13-18/h14-20H,9-13H2,1-8H3. The maximum absolute atomic E-state index is 13.9. The molecule has 0 unspecified atom stereocenters. The van der Waals surface area contributed by atoms with Gasteiger partial charge in [-0.2, -0.15) is 0 Å². The van der Waals surface area contributed by atoms with Gasteiger partial charge in [-0.3, -0.25) is 18.4 Å². The first kappa shape index (κ1) is 23.9. The Bertz CT molecular complexity index is 436. The molecule has 0 aromatic rings. The van der Waals surface area contributed by atoms with E-state index >= 15 is 0 Å². The van der Waals surface area contributed by atoms with Crippen molar-refractivity contribution in [2.24, 2.45) is 29.6 Å². The summed E-state index contributed by atoms with van der Waals surface area (Å²) < 4.78 is 26.0. The van der Waals surface area contributed by atoms with Crippen LogP contribution < -0.4 is 0 Å². The molecule has 154 valence electrons. The van der Waals surface area contributed by atoms with Crippen LogP contribution in [-0.4, -0.2) is 17.7 Å². The van der Waals surface area contributed by atoms with Gasteiger partial charge < -0.3 is 0 Å². The minimum atomic E-state index is -3.85.